The van der Waals surface area contributed by atoms with Gasteiger partial charge in [-0.05, 0) is 40.9 Å². The van der Waals surface area contributed by atoms with E-state index in [2.05, 4.69) is 26.0 Å². The molecule has 17 heavy (non-hydrogen) atoms. The Morgan fingerprint density at radius 2 is 2.12 bits per heavy atom. The summed E-state index contributed by atoms with van der Waals surface area (Å²) in [7, 11) is -3.85. The lowest BCUT2D eigenvalue weighted by Gasteiger charge is -2.01. The number of nitrogens with two attached hydrogens (primary N) is 1. The monoisotopic (exact) mass is 316 g/mol. The number of nitrogens with zero attached hydrogens (tertiary/aromatic N) is 3. The van der Waals surface area contributed by atoms with Gasteiger partial charge in [0.1, 0.15) is 4.60 Å². The van der Waals surface area contributed by atoms with Crippen molar-refractivity contribution in [3.05, 3.63) is 22.4 Å². The molecule has 1 aliphatic carbocycles. The fraction of sp³-hybridized carbons (Fsp3) is 0.333. The van der Waals surface area contributed by atoms with Crippen LogP contribution in [-0.4, -0.2) is 23.0 Å². The highest BCUT2D eigenvalue weighted by Crippen LogP contribution is 2.39. The van der Waals surface area contributed by atoms with Crippen molar-refractivity contribution >= 4 is 31.6 Å². The standard InChI is InChI=1S/C9H9BrN4O2S/c10-8-9(17(11,15)16)14-7(12-8)4-3-6(13-14)5-1-2-5/h3-5H,1-2H2,(H2,11,15,16). The first kappa shape index (κ1) is 11.1. The molecule has 6 nitrogen and oxygen atoms in total. The molecule has 2 N–H and O–H groups in total. The van der Waals surface area contributed by atoms with Gasteiger partial charge in [0, 0.05) is 5.92 Å². The number of hydrogen-bond acceptors (Lipinski definition) is 4. The lowest BCUT2D eigenvalue weighted by molar-refractivity contribution is 0.588. The minimum atomic E-state index is -3.85. The smallest absolute Gasteiger partial charge is 0.223 e. The summed E-state index contributed by atoms with van der Waals surface area (Å²) in [4.78, 5) is 4.06. The highest BCUT2D eigenvalue weighted by molar-refractivity contribution is 9.10. The maximum Gasteiger partial charge on any atom is 0.258 e. The third kappa shape index (κ3) is 1.85. The zero-order chi connectivity index (χ0) is 12.2. The third-order valence-electron chi connectivity index (χ3n) is 2.68. The molecular weight excluding hydrogens is 308 g/mol. The third-order valence-corrected chi connectivity index (χ3v) is 4.40. The molecule has 2 aromatic rings. The van der Waals surface area contributed by atoms with Gasteiger partial charge in [-0.3, -0.25) is 0 Å². The van der Waals surface area contributed by atoms with Crippen molar-refractivity contribution in [2.24, 2.45) is 5.14 Å². The van der Waals surface area contributed by atoms with Gasteiger partial charge in [-0.1, -0.05) is 0 Å². The molecule has 0 amide bonds. The Morgan fingerprint density at radius 3 is 2.71 bits per heavy atom. The molecule has 8 heteroatoms. The minimum absolute atomic E-state index is 0.102. The fourth-order valence-electron chi connectivity index (χ4n) is 1.74. The van der Waals surface area contributed by atoms with Crippen molar-refractivity contribution in [3.63, 3.8) is 0 Å². The Kier molecular flexibility index (Phi) is 2.29. The van der Waals surface area contributed by atoms with Crippen molar-refractivity contribution in [2.75, 3.05) is 0 Å². The molecule has 0 radical (unpaired) electrons. The SMILES string of the molecule is NS(=O)(=O)c1c(Br)nc2ccc(C3CC3)nn12. The van der Waals surface area contributed by atoms with Crippen LogP contribution in [0.25, 0.3) is 5.65 Å². The summed E-state index contributed by atoms with van der Waals surface area (Å²) < 4.78 is 24.4. The highest BCUT2D eigenvalue weighted by Gasteiger charge is 2.27. The predicted molar refractivity (Wildman–Crippen MR) is 64.0 cm³/mol. The van der Waals surface area contributed by atoms with Crippen LogP contribution in [0.4, 0.5) is 0 Å². The van der Waals surface area contributed by atoms with Crippen LogP contribution < -0.4 is 5.14 Å². The summed E-state index contributed by atoms with van der Waals surface area (Å²) in [5, 5.41) is 9.34. The first-order chi connectivity index (χ1) is 7.97. The molecule has 0 bridgehead atoms. The number of imidazole rings is 1. The number of primary sulfonamides is 1. The molecule has 90 valence electrons. The van der Waals surface area contributed by atoms with Gasteiger partial charge >= 0.3 is 0 Å². The molecule has 0 spiro atoms. The molecule has 1 saturated carbocycles. The molecule has 0 saturated heterocycles. The summed E-state index contributed by atoms with van der Waals surface area (Å²) in [6, 6.07) is 3.62. The second-order valence-corrected chi connectivity index (χ2v) is 6.28. The van der Waals surface area contributed by atoms with Gasteiger partial charge < -0.3 is 0 Å². The molecule has 0 atom stereocenters. The quantitative estimate of drug-likeness (QED) is 0.895. The molecule has 2 heterocycles. The first-order valence-electron chi connectivity index (χ1n) is 5.05. The van der Waals surface area contributed by atoms with Crippen LogP contribution in [0.15, 0.2) is 21.8 Å². The van der Waals surface area contributed by atoms with Gasteiger partial charge in [0.15, 0.2) is 5.65 Å². The number of rotatable bonds is 2. The summed E-state index contributed by atoms with van der Waals surface area (Å²) in [6.07, 6.45) is 2.19. The Bertz CT molecular complexity index is 705. The van der Waals surface area contributed by atoms with Crippen LogP contribution in [0, 0.1) is 0 Å². The van der Waals surface area contributed by atoms with Gasteiger partial charge in [-0.2, -0.15) is 9.61 Å². The maximum atomic E-state index is 11.5. The number of fused-ring (bicyclic) bond motifs is 1. The minimum Gasteiger partial charge on any atom is -0.223 e. The average molecular weight is 317 g/mol. The summed E-state index contributed by atoms with van der Waals surface area (Å²) in [5.74, 6) is 0.439. The average Bonchev–Trinajstić information content (AvgIpc) is 2.98. The Balaban J connectivity index is 2.32. The molecule has 3 rings (SSSR count). The van der Waals surface area contributed by atoms with Crippen molar-refractivity contribution in [1.82, 2.24) is 14.6 Å². The second-order valence-electron chi connectivity index (χ2n) is 4.06. The number of halogens is 1. The van der Waals surface area contributed by atoms with Crippen LogP contribution in [0.5, 0.6) is 0 Å². The molecule has 1 aliphatic rings. The highest BCUT2D eigenvalue weighted by atomic mass is 79.9. The molecule has 0 aromatic carbocycles. The van der Waals surface area contributed by atoms with Crippen molar-refractivity contribution < 1.29 is 8.42 Å². The van der Waals surface area contributed by atoms with Crippen molar-refractivity contribution in [2.45, 2.75) is 23.8 Å². The van der Waals surface area contributed by atoms with E-state index in [-0.39, 0.29) is 9.63 Å². The lowest BCUT2D eigenvalue weighted by atomic mass is 10.3. The molecule has 0 unspecified atom stereocenters. The van der Waals surface area contributed by atoms with Crippen LogP contribution in [0.2, 0.25) is 0 Å². The number of sulfonamides is 1. The number of hydrogen-bond donors (Lipinski definition) is 1. The van der Waals surface area contributed by atoms with Gasteiger partial charge in [-0.25, -0.2) is 18.5 Å². The van der Waals surface area contributed by atoms with Gasteiger partial charge in [0.2, 0.25) is 5.03 Å². The summed E-state index contributed by atoms with van der Waals surface area (Å²) >= 11 is 3.09. The Labute approximate surface area is 106 Å². The van der Waals surface area contributed by atoms with E-state index >= 15 is 0 Å². The summed E-state index contributed by atoms with van der Waals surface area (Å²) in [6.45, 7) is 0. The van der Waals surface area contributed by atoms with E-state index in [0.29, 0.717) is 11.6 Å². The Morgan fingerprint density at radius 1 is 1.41 bits per heavy atom. The molecule has 1 fully saturated rings. The van der Waals surface area contributed by atoms with Crippen LogP contribution in [0.1, 0.15) is 24.5 Å². The van der Waals surface area contributed by atoms with E-state index < -0.39 is 10.0 Å². The Hall–Kier alpha value is -0.990. The van der Waals surface area contributed by atoms with E-state index in [1.54, 1.807) is 6.07 Å². The van der Waals surface area contributed by atoms with Crippen LogP contribution >= 0.6 is 15.9 Å². The van der Waals surface area contributed by atoms with Crippen molar-refractivity contribution in [3.8, 4) is 0 Å². The zero-order valence-electron chi connectivity index (χ0n) is 8.67. The van der Waals surface area contributed by atoms with Gasteiger partial charge in [0.25, 0.3) is 10.0 Å². The molecule has 0 aliphatic heterocycles. The van der Waals surface area contributed by atoms with Gasteiger partial charge in [0.05, 0.1) is 5.69 Å². The largest absolute Gasteiger partial charge is 0.258 e. The first-order valence-corrected chi connectivity index (χ1v) is 7.39. The number of aromatic nitrogens is 3. The second kappa shape index (κ2) is 3.50. The fourth-order valence-corrected chi connectivity index (χ4v) is 3.42. The van der Waals surface area contributed by atoms with Crippen LogP contribution in [0.3, 0.4) is 0 Å². The normalized spacial score (nSPS) is 16.6. The molecule has 2 aromatic heterocycles. The maximum absolute atomic E-state index is 11.5. The topological polar surface area (TPSA) is 90.4 Å². The van der Waals surface area contributed by atoms with Gasteiger partial charge in [-0.15, -0.1) is 0 Å². The molecular formula is C9H9BrN4O2S. The van der Waals surface area contributed by atoms with E-state index in [9.17, 15) is 8.42 Å². The van der Waals surface area contributed by atoms with Crippen molar-refractivity contribution in [1.29, 1.82) is 0 Å². The van der Waals surface area contributed by atoms with E-state index in [4.69, 9.17) is 5.14 Å². The predicted octanol–water partition coefficient (Wildman–Crippen LogP) is 1.02. The zero-order valence-corrected chi connectivity index (χ0v) is 11.1. The summed E-state index contributed by atoms with van der Waals surface area (Å²) in [5.41, 5.74) is 1.35. The van der Waals surface area contributed by atoms with E-state index in [0.717, 1.165) is 18.5 Å². The van der Waals surface area contributed by atoms with E-state index in [1.165, 1.54) is 4.52 Å². The van der Waals surface area contributed by atoms with E-state index in [1.807, 2.05) is 6.07 Å². The lowest BCUT2D eigenvalue weighted by Crippen LogP contribution is -2.16. The van der Waals surface area contributed by atoms with Crippen LogP contribution in [-0.2, 0) is 10.0 Å².